The van der Waals surface area contributed by atoms with Crippen LogP contribution in [-0.2, 0) is 16.1 Å². The number of ether oxygens (including phenoxy) is 1. The maximum atomic E-state index is 11.8. The van der Waals surface area contributed by atoms with Crippen molar-refractivity contribution in [3.8, 4) is 0 Å². The molecule has 1 aliphatic heterocycles. The first kappa shape index (κ1) is 12.8. The zero-order chi connectivity index (χ0) is 13.0. The second kappa shape index (κ2) is 5.77. The average Bonchev–Trinajstić information content (AvgIpc) is 2.86. The summed E-state index contributed by atoms with van der Waals surface area (Å²) in [5, 5.41) is 4.07. The Morgan fingerprint density at radius 2 is 2.44 bits per heavy atom. The van der Waals surface area contributed by atoms with Crippen molar-refractivity contribution < 1.29 is 9.53 Å². The van der Waals surface area contributed by atoms with Gasteiger partial charge >= 0.3 is 0 Å². The van der Waals surface area contributed by atoms with Gasteiger partial charge in [-0.1, -0.05) is 0 Å². The Bertz CT molecular complexity index is 472. The number of methoxy groups -OCH3 is 1. The molecule has 0 saturated carbocycles. The summed E-state index contributed by atoms with van der Waals surface area (Å²) in [6, 6.07) is 1.57. The molecule has 0 aromatic carbocycles. The van der Waals surface area contributed by atoms with Crippen LogP contribution in [0.4, 0.5) is 5.69 Å². The Morgan fingerprint density at radius 3 is 3.06 bits per heavy atom. The largest absolute Gasteiger partial charge is 0.380 e. The first-order chi connectivity index (χ1) is 8.74. The van der Waals surface area contributed by atoms with Crippen molar-refractivity contribution in [1.29, 1.82) is 0 Å². The van der Waals surface area contributed by atoms with Crippen molar-refractivity contribution in [3.05, 3.63) is 22.6 Å². The number of hydrogen-bond acceptors (Lipinski definition) is 5. The fourth-order valence-corrected chi connectivity index (χ4v) is 2.09. The van der Waals surface area contributed by atoms with Gasteiger partial charge in [0.05, 0.1) is 24.5 Å². The third kappa shape index (κ3) is 2.76. The number of rotatable bonds is 5. The fourth-order valence-electron chi connectivity index (χ4n) is 2.09. The van der Waals surface area contributed by atoms with Crippen LogP contribution < -0.4 is 10.5 Å². The third-order valence-electron chi connectivity index (χ3n) is 3.16. The number of nitrogens with zero attached hydrogens (tertiary/aromatic N) is 3. The molecule has 1 aromatic heterocycles. The molecule has 1 aliphatic rings. The Labute approximate surface area is 105 Å². The van der Waals surface area contributed by atoms with E-state index >= 15 is 0 Å². The topological polar surface area (TPSA) is 64.4 Å². The van der Waals surface area contributed by atoms with Crippen molar-refractivity contribution in [2.45, 2.75) is 25.5 Å². The molecule has 1 fully saturated rings. The predicted octanol–water partition coefficient (Wildman–Crippen LogP) is 0.0574. The zero-order valence-corrected chi connectivity index (χ0v) is 10.4. The van der Waals surface area contributed by atoms with Gasteiger partial charge in [-0.25, -0.2) is 4.68 Å². The number of aryl methyl sites for hydroxylation is 1. The molecule has 1 saturated heterocycles. The monoisotopic (exact) mass is 251 g/mol. The SMILES string of the molecule is COC1CCN(c2cnn(CCC=O)c(=O)c2)C1. The van der Waals surface area contributed by atoms with Gasteiger partial charge in [-0.3, -0.25) is 4.79 Å². The zero-order valence-electron chi connectivity index (χ0n) is 10.4. The first-order valence-electron chi connectivity index (χ1n) is 6.03. The van der Waals surface area contributed by atoms with E-state index in [-0.39, 0.29) is 11.7 Å². The molecule has 0 spiro atoms. The standard InChI is InChI=1S/C12H17N3O3/c1-18-11-3-5-14(9-11)10-7-12(17)15(13-8-10)4-2-6-16/h6-8,11H,2-5,9H2,1H3. The molecule has 6 nitrogen and oxygen atoms in total. The van der Waals surface area contributed by atoms with Gasteiger partial charge < -0.3 is 14.4 Å². The molecule has 0 radical (unpaired) electrons. The summed E-state index contributed by atoms with van der Waals surface area (Å²) in [6.45, 7) is 2.00. The van der Waals surface area contributed by atoms with E-state index in [0.717, 1.165) is 31.5 Å². The van der Waals surface area contributed by atoms with Gasteiger partial charge in [-0.05, 0) is 6.42 Å². The lowest BCUT2D eigenvalue weighted by molar-refractivity contribution is -0.108. The van der Waals surface area contributed by atoms with Crippen LogP contribution in [0.15, 0.2) is 17.1 Å². The van der Waals surface area contributed by atoms with Crippen molar-refractivity contribution in [3.63, 3.8) is 0 Å². The number of carbonyl (C=O) groups excluding carboxylic acids is 1. The van der Waals surface area contributed by atoms with Crippen LogP contribution in [0.25, 0.3) is 0 Å². The summed E-state index contributed by atoms with van der Waals surface area (Å²) >= 11 is 0. The van der Waals surface area contributed by atoms with Crippen molar-refractivity contribution >= 4 is 12.0 Å². The van der Waals surface area contributed by atoms with E-state index in [4.69, 9.17) is 4.74 Å². The van der Waals surface area contributed by atoms with E-state index in [2.05, 4.69) is 10.00 Å². The van der Waals surface area contributed by atoms with Crippen molar-refractivity contribution in [2.75, 3.05) is 25.1 Å². The number of hydrogen-bond donors (Lipinski definition) is 0. The molecule has 2 heterocycles. The van der Waals surface area contributed by atoms with E-state index in [1.54, 1.807) is 19.4 Å². The van der Waals surface area contributed by atoms with Crippen LogP contribution >= 0.6 is 0 Å². The number of anilines is 1. The Morgan fingerprint density at radius 1 is 1.61 bits per heavy atom. The molecule has 0 amide bonds. The van der Waals surface area contributed by atoms with Gasteiger partial charge in [0.2, 0.25) is 0 Å². The maximum Gasteiger partial charge on any atom is 0.268 e. The minimum atomic E-state index is -0.171. The molecular formula is C12H17N3O3. The normalized spacial score (nSPS) is 19.2. The number of aldehydes is 1. The minimum Gasteiger partial charge on any atom is -0.380 e. The second-order valence-electron chi connectivity index (χ2n) is 4.32. The molecular weight excluding hydrogens is 234 g/mol. The van der Waals surface area contributed by atoms with E-state index in [1.807, 2.05) is 0 Å². The molecule has 98 valence electrons. The first-order valence-corrected chi connectivity index (χ1v) is 6.03. The van der Waals surface area contributed by atoms with E-state index < -0.39 is 0 Å². The Hall–Kier alpha value is -1.69. The van der Waals surface area contributed by atoms with Crippen molar-refractivity contribution in [1.82, 2.24) is 9.78 Å². The van der Waals surface area contributed by atoms with Gasteiger partial charge in [-0.15, -0.1) is 0 Å². The van der Waals surface area contributed by atoms with Crippen LogP contribution in [0.2, 0.25) is 0 Å². The van der Waals surface area contributed by atoms with E-state index in [0.29, 0.717) is 13.0 Å². The highest BCUT2D eigenvalue weighted by molar-refractivity contribution is 5.49. The highest BCUT2D eigenvalue weighted by Gasteiger charge is 2.22. The quantitative estimate of drug-likeness (QED) is 0.692. The summed E-state index contributed by atoms with van der Waals surface area (Å²) in [4.78, 5) is 24.1. The lowest BCUT2D eigenvalue weighted by Gasteiger charge is -2.17. The van der Waals surface area contributed by atoms with Gasteiger partial charge in [0, 0.05) is 32.7 Å². The molecule has 18 heavy (non-hydrogen) atoms. The molecule has 1 unspecified atom stereocenters. The third-order valence-corrected chi connectivity index (χ3v) is 3.16. The molecule has 1 aromatic rings. The predicted molar refractivity (Wildman–Crippen MR) is 66.8 cm³/mol. The lowest BCUT2D eigenvalue weighted by Crippen LogP contribution is -2.27. The van der Waals surface area contributed by atoms with Crippen LogP contribution in [0.3, 0.4) is 0 Å². The van der Waals surface area contributed by atoms with Gasteiger partial charge in [0.1, 0.15) is 6.29 Å². The van der Waals surface area contributed by atoms with E-state index in [9.17, 15) is 9.59 Å². The fraction of sp³-hybridized carbons (Fsp3) is 0.583. The number of aromatic nitrogens is 2. The summed E-state index contributed by atoms with van der Waals surface area (Å²) in [7, 11) is 1.70. The highest BCUT2D eigenvalue weighted by Crippen LogP contribution is 2.19. The van der Waals surface area contributed by atoms with Crippen LogP contribution in [-0.4, -0.2) is 42.4 Å². The van der Waals surface area contributed by atoms with Gasteiger partial charge in [0.15, 0.2) is 0 Å². The Kier molecular flexibility index (Phi) is 4.09. The van der Waals surface area contributed by atoms with Gasteiger partial charge in [-0.2, -0.15) is 5.10 Å². The van der Waals surface area contributed by atoms with Crippen LogP contribution in [0.5, 0.6) is 0 Å². The summed E-state index contributed by atoms with van der Waals surface area (Å²) in [5.74, 6) is 0. The molecule has 0 N–H and O–H groups in total. The summed E-state index contributed by atoms with van der Waals surface area (Å²) < 4.78 is 6.59. The van der Waals surface area contributed by atoms with Crippen molar-refractivity contribution in [2.24, 2.45) is 0 Å². The summed E-state index contributed by atoms with van der Waals surface area (Å²) in [6.07, 6.45) is 3.95. The molecule has 6 heteroatoms. The van der Waals surface area contributed by atoms with E-state index in [1.165, 1.54) is 4.68 Å². The van der Waals surface area contributed by atoms with Crippen LogP contribution in [0, 0.1) is 0 Å². The minimum absolute atomic E-state index is 0.171. The Balaban J connectivity index is 2.09. The lowest BCUT2D eigenvalue weighted by atomic mass is 10.3. The molecule has 2 rings (SSSR count). The molecule has 0 bridgehead atoms. The second-order valence-corrected chi connectivity index (χ2v) is 4.32. The smallest absolute Gasteiger partial charge is 0.268 e. The molecule has 0 aliphatic carbocycles. The maximum absolute atomic E-state index is 11.8. The average molecular weight is 251 g/mol. The molecule has 1 atom stereocenters. The van der Waals surface area contributed by atoms with Gasteiger partial charge in [0.25, 0.3) is 5.56 Å². The highest BCUT2D eigenvalue weighted by atomic mass is 16.5. The van der Waals surface area contributed by atoms with Crippen LogP contribution in [0.1, 0.15) is 12.8 Å². The summed E-state index contributed by atoms with van der Waals surface area (Å²) in [5.41, 5.74) is 0.650. The number of carbonyl (C=O) groups is 1.